The van der Waals surface area contributed by atoms with Crippen LogP contribution in [0.2, 0.25) is 0 Å². The monoisotopic (exact) mass is 250 g/mol. The maximum absolute atomic E-state index is 13.5. The maximum Gasteiger partial charge on any atom is 0.125 e. The number of nitrogens with zero attached hydrogens (tertiary/aromatic N) is 1. The third-order valence-corrected chi connectivity index (χ3v) is 3.75. The Morgan fingerprint density at radius 3 is 2.56 bits per heavy atom. The summed E-state index contributed by atoms with van der Waals surface area (Å²) in [5.74, 6) is -0.170. The lowest BCUT2D eigenvalue weighted by atomic mass is 9.91. The molecule has 1 aromatic rings. The topological polar surface area (TPSA) is 15.3 Å². The molecular weight excluding hydrogens is 227 g/mol. The first-order chi connectivity index (χ1) is 8.33. The third-order valence-electron chi connectivity index (χ3n) is 3.75. The standard InChI is InChI=1S/C15H23FN2/c1-14(2)8-9-17-11-15(3,4)18(14)13-7-5-6-12(16)10-13/h5-7,10,17H,8-9,11H2,1-4H3. The van der Waals surface area contributed by atoms with Crippen molar-refractivity contribution >= 4 is 5.69 Å². The summed E-state index contributed by atoms with van der Waals surface area (Å²) in [6, 6.07) is 6.92. The number of anilines is 1. The summed E-state index contributed by atoms with van der Waals surface area (Å²) in [6.45, 7) is 10.8. The molecule has 0 aromatic heterocycles. The number of rotatable bonds is 1. The van der Waals surface area contributed by atoms with E-state index in [1.165, 1.54) is 6.07 Å². The highest BCUT2D eigenvalue weighted by atomic mass is 19.1. The first-order valence-corrected chi connectivity index (χ1v) is 6.60. The molecule has 0 unspecified atom stereocenters. The molecule has 0 bridgehead atoms. The van der Waals surface area contributed by atoms with E-state index in [4.69, 9.17) is 0 Å². The van der Waals surface area contributed by atoms with Crippen molar-refractivity contribution in [3.05, 3.63) is 30.1 Å². The first kappa shape index (κ1) is 13.3. The van der Waals surface area contributed by atoms with Crippen molar-refractivity contribution in [3.63, 3.8) is 0 Å². The predicted molar refractivity (Wildman–Crippen MR) is 74.5 cm³/mol. The maximum atomic E-state index is 13.5. The van der Waals surface area contributed by atoms with Crippen LogP contribution < -0.4 is 10.2 Å². The van der Waals surface area contributed by atoms with Gasteiger partial charge in [-0.3, -0.25) is 0 Å². The van der Waals surface area contributed by atoms with Crippen molar-refractivity contribution in [2.75, 3.05) is 18.0 Å². The fraction of sp³-hybridized carbons (Fsp3) is 0.600. The number of halogens is 1. The van der Waals surface area contributed by atoms with Crippen molar-refractivity contribution < 1.29 is 4.39 Å². The van der Waals surface area contributed by atoms with Gasteiger partial charge >= 0.3 is 0 Å². The number of benzene rings is 1. The summed E-state index contributed by atoms with van der Waals surface area (Å²) < 4.78 is 13.5. The van der Waals surface area contributed by atoms with Gasteiger partial charge in [0.25, 0.3) is 0 Å². The molecule has 1 saturated heterocycles. The van der Waals surface area contributed by atoms with E-state index < -0.39 is 0 Å². The average molecular weight is 250 g/mol. The minimum atomic E-state index is -0.170. The molecule has 1 aromatic carbocycles. The van der Waals surface area contributed by atoms with Crippen molar-refractivity contribution in [3.8, 4) is 0 Å². The van der Waals surface area contributed by atoms with Crippen LogP contribution in [0.1, 0.15) is 34.1 Å². The van der Waals surface area contributed by atoms with Gasteiger partial charge < -0.3 is 10.2 Å². The minimum Gasteiger partial charge on any atom is -0.360 e. The zero-order chi connectivity index (χ0) is 13.4. The average Bonchev–Trinajstić information content (AvgIpc) is 2.33. The molecule has 100 valence electrons. The van der Waals surface area contributed by atoms with Crippen LogP contribution in [0, 0.1) is 5.82 Å². The quantitative estimate of drug-likeness (QED) is 0.823. The summed E-state index contributed by atoms with van der Waals surface area (Å²) in [7, 11) is 0. The Hall–Kier alpha value is -1.09. The molecule has 18 heavy (non-hydrogen) atoms. The van der Waals surface area contributed by atoms with Gasteiger partial charge in [0.05, 0.1) is 0 Å². The Bertz CT molecular complexity index is 408. The van der Waals surface area contributed by atoms with E-state index >= 15 is 0 Å². The smallest absolute Gasteiger partial charge is 0.125 e. The van der Waals surface area contributed by atoms with Gasteiger partial charge in [-0.05, 0) is 58.9 Å². The second kappa shape index (κ2) is 4.54. The summed E-state index contributed by atoms with van der Waals surface area (Å²) in [5.41, 5.74) is 0.947. The minimum absolute atomic E-state index is 0.0147. The highest BCUT2D eigenvalue weighted by Gasteiger charge is 2.39. The Kier molecular flexibility index (Phi) is 3.37. The van der Waals surface area contributed by atoms with Gasteiger partial charge in [0, 0.05) is 23.3 Å². The highest BCUT2D eigenvalue weighted by molar-refractivity contribution is 5.52. The molecule has 0 aliphatic carbocycles. The molecule has 3 heteroatoms. The van der Waals surface area contributed by atoms with Crippen LogP contribution in [0.5, 0.6) is 0 Å². The molecular formula is C15H23FN2. The van der Waals surface area contributed by atoms with E-state index in [2.05, 4.69) is 37.9 Å². The Morgan fingerprint density at radius 1 is 1.17 bits per heavy atom. The molecule has 2 rings (SSSR count). The third kappa shape index (κ3) is 2.51. The largest absolute Gasteiger partial charge is 0.360 e. The molecule has 1 aliphatic rings. The molecule has 0 radical (unpaired) electrons. The van der Waals surface area contributed by atoms with Crippen molar-refractivity contribution in [1.82, 2.24) is 5.32 Å². The molecule has 1 fully saturated rings. The van der Waals surface area contributed by atoms with Gasteiger partial charge in [0.1, 0.15) is 5.82 Å². The molecule has 0 amide bonds. The fourth-order valence-electron chi connectivity index (χ4n) is 3.11. The Labute approximate surface area is 109 Å². The number of hydrogen-bond acceptors (Lipinski definition) is 2. The van der Waals surface area contributed by atoms with E-state index in [0.29, 0.717) is 0 Å². The van der Waals surface area contributed by atoms with E-state index in [-0.39, 0.29) is 16.9 Å². The highest BCUT2D eigenvalue weighted by Crippen LogP contribution is 2.35. The molecule has 0 atom stereocenters. The van der Waals surface area contributed by atoms with Crippen LogP contribution in [0.4, 0.5) is 10.1 Å². The van der Waals surface area contributed by atoms with Crippen molar-refractivity contribution in [1.29, 1.82) is 0 Å². The lowest BCUT2D eigenvalue weighted by Crippen LogP contribution is -2.57. The van der Waals surface area contributed by atoms with E-state index in [0.717, 1.165) is 25.2 Å². The normalized spacial score (nSPS) is 22.6. The summed E-state index contributed by atoms with van der Waals surface area (Å²) in [6.07, 6.45) is 1.05. The van der Waals surface area contributed by atoms with Gasteiger partial charge in [0.2, 0.25) is 0 Å². The van der Waals surface area contributed by atoms with E-state index in [1.807, 2.05) is 6.07 Å². The van der Waals surface area contributed by atoms with Crippen LogP contribution in [0.15, 0.2) is 24.3 Å². The summed E-state index contributed by atoms with van der Waals surface area (Å²) >= 11 is 0. The Morgan fingerprint density at radius 2 is 1.89 bits per heavy atom. The van der Waals surface area contributed by atoms with Crippen molar-refractivity contribution in [2.45, 2.75) is 45.2 Å². The van der Waals surface area contributed by atoms with Gasteiger partial charge in [0.15, 0.2) is 0 Å². The van der Waals surface area contributed by atoms with E-state index in [1.54, 1.807) is 12.1 Å². The molecule has 1 aliphatic heterocycles. The molecule has 1 heterocycles. The number of hydrogen-bond donors (Lipinski definition) is 1. The summed E-state index contributed by atoms with van der Waals surface area (Å²) in [4.78, 5) is 2.35. The zero-order valence-electron chi connectivity index (χ0n) is 11.8. The van der Waals surface area contributed by atoms with Crippen LogP contribution in [0.3, 0.4) is 0 Å². The number of nitrogens with one attached hydrogen (secondary N) is 1. The van der Waals surface area contributed by atoms with Gasteiger partial charge in [-0.1, -0.05) is 6.07 Å². The lowest BCUT2D eigenvalue weighted by Gasteiger charge is -2.48. The van der Waals surface area contributed by atoms with E-state index in [9.17, 15) is 4.39 Å². The van der Waals surface area contributed by atoms with Crippen LogP contribution in [0.25, 0.3) is 0 Å². The second-order valence-electron chi connectivity index (χ2n) is 6.37. The van der Waals surface area contributed by atoms with Crippen molar-refractivity contribution in [2.24, 2.45) is 0 Å². The van der Waals surface area contributed by atoms with Gasteiger partial charge in [-0.15, -0.1) is 0 Å². The molecule has 0 spiro atoms. The van der Waals surface area contributed by atoms with Gasteiger partial charge in [-0.25, -0.2) is 4.39 Å². The fourth-order valence-corrected chi connectivity index (χ4v) is 3.11. The molecule has 0 saturated carbocycles. The molecule has 1 N–H and O–H groups in total. The Balaban J connectivity index is 2.47. The van der Waals surface area contributed by atoms with Crippen LogP contribution >= 0.6 is 0 Å². The lowest BCUT2D eigenvalue weighted by molar-refractivity contribution is 0.357. The van der Waals surface area contributed by atoms with Crippen LogP contribution in [-0.4, -0.2) is 24.2 Å². The second-order valence-corrected chi connectivity index (χ2v) is 6.37. The molecule has 2 nitrogen and oxygen atoms in total. The SMILES string of the molecule is CC1(C)CCNCC(C)(C)N1c1cccc(F)c1. The summed E-state index contributed by atoms with van der Waals surface area (Å²) in [5, 5.41) is 3.47. The predicted octanol–water partition coefficient (Wildman–Crippen LogP) is 3.18. The van der Waals surface area contributed by atoms with Gasteiger partial charge in [-0.2, -0.15) is 0 Å². The first-order valence-electron chi connectivity index (χ1n) is 6.60. The zero-order valence-corrected chi connectivity index (χ0v) is 11.8. The van der Waals surface area contributed by atoms with Crippen LogP contribution in [-0.2, 0) is 0 Å².